The molecule has 0 bridgehead atoms. The summed E-state index contributed by atoms with van der Waals surface area (Å²) in [5.41, 5.74) is 0. The second-order valence-corrected chi connectivity index (χ2v) is 4.09. The molecule has 0 rings (SSSR count). The Bertz CT molecular complexity index is 220. The zero-order valence-electron chi connectivity index (χ0n) is 8.20. The molecule has 0 amide bonds. The minimum atomic E-state index is -3.40. The highest BCUT2D eigenvalue weighted by Crippen LogP contribution is 2.46. The Kier molecular flexibility index (Phi) is 6.70. The average molecular weight is 206 g/mol. The molecule has 0 saturated heterocycles. The molecular weight excluding hydrogens is 191 g/mol. The van der Waals surface area contributed by atoms with Gasteiger partial charge in [-0.3, -0.25) is 9.05 Å². The molecule has 5 heteroatoms. The highest BCUT2D eigenvalue weighted by Gasteiger charge is 2.22. The lowest BCUT2D eigenvalue weighted by molar-refractivity contribution is 0.201. The van der Waals surface area contributed by atoms with Crippen molar-refractivity contribution >= 4 is 7.82 Å². The minimum absolute atomic E-state index is 0.726. The molecule has 0 N–H and O–H groups in total. The van der Waals surface area contributed by atoms with E-state index < -0.39 is 7.82 Å². The molecule has 0 aromatic heterocycles. The predicted molar refractivity (Wildman–Crippen MR) is 50.0 cm³/mol. The maximum absolute atomic E-state index is 11.2. The van der Waals surface area contributed by atoms with Gasteiger partial charge in [0.15, 0.2) is 0 Å². The zero-order valence-corrected chi connectivity index (χ0v) is 9.10. The van der Waals surface area contributed by atoms with Crippen LogP contribution >= 0.6 is 7.82 Å². The van der Waals surface area contributed by atoms with Crippen molar-refractivity contribution in [2.45, 2.75) is 26.2 Å². The van der Waals surface area contributed by atoms with Gasteiger partial charge in [-0.2, -0.15) is 0 Å². The number of hydrogen-bond acceptors (Lipinski definition) is 4. The Morgan fingerprint density at radius 2 is 1.92 bits per heavy atom. The van der Waals surface area contributed by atoms with Crippen LogP contribution in [-0.4, -0.2) is 14.2 Å². The van der Waals surface area contributed by atoms with Gasteiger partial charge in [-0.05, 0) is 6.42 Å². The second kappa shape index (κ2) is 6.97. The van der Waals surface area contributed by atoms with E-state index in [0.717, 1.165) is 19.3 Å². The molecule has 0 saturated carbocycles. The Morgan fingerprint density at radius 3 is 2.38 bits per heavy atom. The Balaban J connectivity index is 3.82. The first kappa shape index (κ1) is 12.5. The molecule has 0 aromatic rings. The average Bonchev–Trinajstić information content (AvgIpc) is 2.17. The Labute approximate surface area is 79.2 Å². The van der Waals surface area contributed by atoms with Crippen LogP contribution in [0.5, 0.6) is 0 Å². The van der Waals surface area contributed by atoms with Crippen molar-refractivity contribution in [2.24, 2.45) is 0 Å². The summed E-state index contributed by atoms with van der Waals surface area (Å²) in [6, 6.07) is 0. The predicted octanol–water partition coefficient (Wildman–Crippen LogP) is 2.56. The summed E-state index contributed by atoms with van der Waals surface area (Å²) in [5.74, 6) is 2.71. The van der Waals surface area contributed by atoms with Gasteiger partial charge in [0, 0.05) is 20.6 Å². The largest absolute Gasteiger partial charge is 0.537 e. The lowest BCUT2D eigenvalue weighted by atomic mass is 10.3. The standard InChI is InChI=1S/C8H15O4P/c1-4-5-6-7-8-12-13(9,10-2)11-3/h4-6H2,1-3H3. The fourth-order valence-corrected chi connectivity index (χ4v) is 1.03. The monoisotopic (exact) mass is 206 g/mol. The van der Waals surface area contributed by atoms with E-state index in [1.807, 2.05) is 0 Å². The first-order valence-corrected chi connectivity index (χ1v) is 5.52. The van der Waals surface area contributed by atoms with E-state index in [1.54, 1.807) is 0 Å². The maximum atomic E-state index is 11.2. The molecule has 4 nitrogen and oxygen atoms in total. The van der Waals surface area contributed by atoms with E-state index in [2.05, 4.69) is 32.5 Å². The van der Waals surface area contributed by atoms with Gasteiger partial charge in [0.2, 0.25) is 0 Å². The van der Waals surface area contributed by atoms with Crippen LogP contribution in [0, 0.1) is 12.0 Å². The van der Waals surface area contributed by atoms with Crippen LogP contribution in [-0.2, 0) is 18.1 Å². The van der Waals surface area contributed by atoms with Crippen molar-refractivity contribution in [1.29, 1.82) is 0 Å². The Hall–Kier alpha value is -0.490. The first-order valence-electron chi connectivity index (χ1n) is 4.06. The van der Waals surface area contributed by atoms with Crippen LogP contribution in [0.15, 0.2) is 0 Å². The van der Waals surface area contributed by atoms with E-state index in [9.17, 15) is 4.57 Å². The van der Waals surface area contributed by atoms with E-state index in [-0.39, 0.29) is 0 Å². The van der Waals surface area contributed by atoms with Gasteiger partial charge in [-0.15, -0.1) is 0 Å². The molecule has 0 aliphatic heterocycles. The smallest absolute Gasteiger partial charge is 0.350 e. The maximum Gasteiger partial charge on any atom is 0.537 e. The molecule has 0 spiro atoms. The lowest BCUT2D eigenvalue weighted by Gasteiger charge is -2.07. The summed E-state index contributed by atoms with van der Waals surface area (Å²) in [5, 5.41) is 0. The van der Waals surface area contributed by atoms with Gasteiger partial charge in [-0.25, -0.2) is 4.57 Å². The van der Waals surface area contributed by atoms with E-state index in [0.29, 0.717) is 0 Å². The third-order valence-corrected chi connectivity index (χ3v) is 2.54. The molecule has 13 heavy (non-hydrogen) atoms. The molecular formula is C8H15O4P. The lowest BCUT2D eigenvalue weighted by Crippen LogP contribution is -1.89. The molecule has 0 heterocycles. The fraction of sp³-hybridized carbons (Fsp3) is 0.750. The van der Waals surface area contributed by atoms with Gasteiger partial charge >= 0.3 is 7.82 Å². The highest BCUT2D eigenvalue weighted by molar-refractivity contribution is 7.48. The van der Waals surface area contributed by atoms with Crippen LogP contribution < -0.4 is 0 Å². The third kappa shape index (κ3) is 5.70. The molecule has 0 aromatic carbocycles. The van der Waals surface area contributed by atoms with E-state index >= 15 is 0 Å². The van der Waals surface area contributed by atoms with Gasteiger partial charge in [0.1, 0.15) is 6.11 Å². The quantitative estimate of drug-likeness (QED) is 0.394. The van der Waals surface area contributed by atoms with E-state index in [4.69, 9.17) is 0 Å². The third-order valence-electron chi connectivity index (χ3n) is 1.33. The van der Waals surface area contributed by atoms with Crippen molar-refractivity contribution in [2.75, 3.05) is 14.2 Å². The van der Waals surface area contributed by atoms with Crippen LogP contribution in [0.3, 0.4) is 0 Å². The van der Waals surface area contributed by atoms with Crippen molar-refractivity contribution < 1.29 is 18.1 Å². The molecule has 0 atom stereocenters. The summed E-state index contributed by atoms with van der Waals surface area (Å²) >= 11 is 0. The molecule has 0 radical (unpaired) electrons. The second-order valence-electron chi connectivity index (χ2n) is 2.29. The van der Waals surface area contributed by atoms with E-state index in [1.165, 1.54) is 14.2 Å². The van der Waals surface area contributed by atoms with Gasteiger partial charge in [0.05, 0.1) is 0 Å². The van der Waals surface area contributed by atoms with Crippen molar-refractivity contribution in [3.63, 3.8) is 0 Å². The van der Waals surface area contributed by atoms with Crippen molar-refractivity contribution in [3.8, 4) is 12.0 Å². The number of phosphoric ester groups is 1. The highest BCUT2D eigenvalue weighted by atomic mass is 31.2. The van der Waals surface area contributed by atoms with Crippen LogP contribution in [0.4, 0.5) is 0 Å². The molecule has 76 valence electrons. The van der Waals surface area contributed by atoms with Gasteiger partial charge < -0.3 is 4.52 Å². The summed E-state index contributed by atoms with van der Waals surface area (Å²) in [6.45, 7) is 2.07. The number of rotatable bonds is 5. The summed E-state index contributed by atoms with van der Waals surface area (Å²) in [4.78, 5) is 0. The normalized spacial score (nSPS) is 10.4. The van der Waals surface area contributed by atoms with Crippen molar-refractivity contribution in [3.05, 3.63) is 0 Å². The number of unbranched alkanes of at least 4 members (excludes halogenated alkanes) is 2. The van der Waals surface area contributed by atoms with Crippen LogP contribution in [0.25, 0.3) is 0 Å². The minimum Gasteiger partial charge on any atom is -0.350 e. The summed E-state index contributed by atoms with van der Waals surface area (Å²) in [6.07, 6.45) is 5.10. The van der Waals surface area contributed by atoms with Crippen LogP contribution in [0.1, 0.15) is 26.2 Å². The Morgan fingerprint density at radius 1 is 1.31 bits per heavy atom. The fourth-order valence-electron chi connectivity index (χ4n) is 0.553. The molecule has 0 aliphatic carbocycles. The van der Waals surface area contributed by atoms with Gasteiger partial charge in [0.25, 0.3) is 0 Å². The first-order chi connectivity index (χ1) is 6.18. The van der Waals surface area contributed by atoms with Gasteiger partial charge in [-0.1, -0.05) is 19.3 Å². The number of phosphoric acid groups is 1. The zero-order chi connectivity index (χ0) is 10.2. The summed E-state index contributed by atoms with van der Waals surface area (Å²) in [7, 11) is -0.907. The van der Waals surface area contributed by atoms with Crippen LogP contribution in [0.2, 0.25) is 0 Å². The molecule has 0 unspecified atom stereocenters. The SMILES string of the molecule is CCCCC#COP(=O)(OC)OC. The number of hydrogen-bond donors (Lipinski definition) is 0. The molecule has 0 fully saturated rings. The molecule has 0 aliphatic rings. The van der Waals surface area contributed by atoms with Crippen molar-refractivity contribution in [1.82, 2.24) is 0 Å². The topological polar surface area (TPSA) is 44.8 Å². The summed E-state index contributed by atoms with van der Waals surface area (Å²) < 4.78 is 24.8.